The summed E-state index contributed by atoms with van der Waals surface area (Å²) >= 11 is 0. The molecule has 1 aromatic heterocycles. The molecule has 1 heterocycles. The lowest BCUT2D eigenvalue weighted by atomic mass is 9.89. The predicted molar refractivity (Wildman–Crippen MR) is 63.8 cm³/mol. The molecule has 0 aromatic carbocycles. The minimum absolute atomic E-state index is 0.613. The van der Waals surface area contributed by atoms with Crippen molar-refractivity contribution in [3.63, 3.8) is 0 Å². The number of aryl methyl sites for hydroxylation is 1. The van der Waals surface area contributed by atoms with Crippen LogP contribution in [0, 0.1) is 24.7 Å². The number of nitrogens with two attached hydrogens (primary N) is 1. The molecule has 3 nitrogen and oxygen atoms in total. The van der Waals surface area contributed by atoms with Crippen LogP contribution in [-0.2, 0) is 13.1 Å². The van der Waals surface area contributed by atoms with Crippen molar-refractivity contribution in [2.24, 2.45) is 23.5 Å². The van der Waals surface area contributed by atoms with Gasteiger partial charge in [-0.2, -0.15) is 0 Å². The molecule has 2 fully saturated rings. The second kappa shape index (κ2) is 3.88. The molecule has 3 unspecified atom stereocenters. The fourth-order valence-electron chi connectivity index (χ4n) is 3.76. The van der Waals surface area contributed by atoms with Crippen LogP contribution >= 0.6 is 0 Å². The Bertz CT molecular complexity index is 383. The Hall–Kier alpha value is -0.830. The maximum Gasteiger partial charge on any atom is 0.105 e. The molecule has 2 N–H and O–H groups in total. The molecule has 0 aliphatic heterocycles. The average Bonchev–Trinajstić information content (AvgIpc) is 2.96. The van der Waals surface area contributed by atoms with E-state index in [2.05, 4.69) is 16.5 Å². The average molecular weight is 219 g/mol. The Morgan fingerprint density at radius 1 is 1.44 bits per heavy atom. The molecule has 2 aliphatic rings. The van der Waals surface area contributed by atoms with E-state index in [0.29, 0.717) is 6.54 Å². The molecule has 1 aromatic rings. The van der Waals surface area contributed by atoms with E-state index in [1.54, 1.807) is 0 Å². The van der Waals surface area contributed by atoms with Gasteiger partial charge in [0.2, 0.25) is 0 Å². The van der Waals surface area contributed by atoms with Crippen molar-refractivity contribution in [1.29, 1.82) is 0 Å². The predicted octanol–water partition coefficient (Wildman–Crippen LogP) is 2.09. The summed E-state index contributed by atoms with van der Waals surface area (Å²) in [4.78, 5) is 4.37. The van der Waals surface area contributed by atoms with Crippen LogP contribution in [0.5, 0.6) is 0 Å². The van der Waals surface area contributed by atoms with E-state index < -0.39 is 0 Å². The van der Waals surface area contributed by atoms with Crippen molar-refractivity contribution in [3.8, 4) is 0 Å². The second-order valence-corrected chi connectivity index (χ2v) is 5.55. The van der Waals surface area contributed by atoms with Gasteiger partial charge in [0, 0.05) is 19.3 Å². The Kier molecular flexibility index (Phi) is 2.51. The van der Waals surface area contributed by atoms with Gasteiger partial charge >= 0.3 is 0 Å². The fraction of sp³-hybridized carbons (Fsp3) is 0.769. The molecule has 0 spiro atoms. The summed E-state index contributed by atoms with van der Waals surface area (Å²) in [6.07, 6.45) is 7.79. The zero-order valence-corrected chi connectivity index (χ0v) is 10.0. The van der Waals surface area contributed by atoms with Crippen molar-refractivity contribution in [3.05, 3.63) is 17.7 Å². The van der Waals surface area contributed by atoms with Crippen LogP contribution in [0.1, 0.15) is 37.2 Å². The summed E-state index contributed by atoms with van der Waals surface area (Å²) in [6.45, 7) is 3.85. The Morgan fingerprint density at radius 2 is 2.31 bits per heavy atom. The first-order chi connectivity index (χ1) is 7.78. The Morgan fingerprint density at radius 3 is 2.94 bits per heavy atom. The van der Waals surface area contributed by atoms with Crippen LogP contribution in [-0.4, -0.2) is 9.55 Å². The maximum atomic E-state index is 5.75. The van der Waals surface area contributed by atoms with Crippen molar-refractivity contribution in [2.75, 3.05) is 0 Å². The zero-order chi connectivity index (χ0) is 11.1. The van der Waals surface area contributed by atoms with Gasteiger partial charge < -0.3 is 10.3 Å². The minimum atomic E-state index is 0.613. The minimum Gasteiger partial charge on any atom is -0.331 e. The lowest BCUT2D eigenvalue weighted by Gasteiger charge is -2.23. The second-order valence-electron chi connectivity index (χ2n) is 5.55. The van der Waals surface area contributed by atoms with Gasteiger partial charge in [0.25, 0.3) is 0 Å². The van der Waals surface area contributed by atoms with E-state index in [9.17, 15) is 0 Å². The number of fused-ring (bicyclic) bond motifs is 2. The van der Waals surface area contributed by atoms with Crippen LogP contribution in [0.3, 0.4) is 0 Å². The first-order valence-electron chi connectivity index (χ1n) is 6.49. The number of hydrogen-bond acceptors (Lipinski definition) is 2. The highest BCUT2D eigenvalue weighted by Crippen LogP contribution is 2.48. The van der Waals surface area contributed by atoms with Crippen molar-refractivity contribution >= 4 is 0 Å². The monoisotopic (exact) mass is 219 g/mol. The zero-order valence-electron chi connectivity index (χ0n) is 10.0. The fourth-order valence-corrected chi connectivity index (χ4v) is 3.76. The van der Waals surface area contributed by atoms with Gasteiger partial charge in [0.05, 0.1) is 5.69 Å². The highest BCUT2D eigenvalue weighted by molar-refractivity contribution is 5.05. The molecule has 3 rings (SSSR count). The topological polar surface area (TPSA) is 43.8 Å². The van der Waals surface area contributed by atoms with Crippen LogP contribution in [0.15, 0.2) is 6.20 Å². The van der Waals surface area contributed by atoms with Gasteiger partial charge in [-0.15, -0.1) is 0 Å². The van der Waals surface area contributed by atoms with E-state index in [1.165, 1.54) is 31.4 Å². The summed E-state index contributed by atoms with van der Waals surface area (Å²) in [5, 5.41) is 0. The first kappa shape index (κ1) is 10.3. The largest absolute Gasteiger partial charge is 0.331 e. The molecule has 3 atom stereocenters. The summed E-state index contributed by atoms with van der Waals surface area (Å²) in [7, 11) is 0. The summed E-state index contributed by atoms with van der Waals surface area (Å²) < 4.78 is 2.34. The highest BCUT2D eigenvalue weighted by atomic mass is 15.1. The third-order valence-electron chi connectivity index (χ3n) is 4.65. The Labute approximate surface area is 97.0 Å². The van der Waals surface area contributed by atoms with Gasteiger partial charge in [-0.25, -0.2) is 4.98 Å². The van der Waals surface area contributed by atoms with Crippen molar-refractivity contribution in [1.82, 2.24) is 9.55 Å². The molecule has 2 aliphatic carbocycles. The van der Waals surface area contributed by atoms with Crippen LogP contribution in [0.25, 0.3) is 0 Å². The molecule has 2 bridgehead atoms. The molecule has 2 saturated carbocycles. The summed E-state index contributed by atoms with van der Waals surface area (Å²) in [6, 6.07) is 0. The molecular formula is C13H21N3. The third kappa shape index (κ3) is 1.58. The van der Waals surface area contributed by atoms with Crippen LogP contribution in [0.4, 0.5) is 0 Å². The molecular weight excluding hydrogens is 198 g/mol. The molecule has 0 saturated heterocycles. The summed E-state index contributed by atoms with van der Waals surface area (Å²) in [5.41, 5.74) is 6.95. The van der Waals surface area contributed by atoms with Gasteiger partial charge in [0.1, 0.15) is 5.82 Å². The van der Waals surface area contributed by atoms with Crippen LogP contribution in [0.2, 0.25) is 0 Å². The Balaban J connectivity index is 1.76. The molecule has 0 radical (unpaired) electrons. The highest BCUT2D eigenvalue weighted by Gasteiger charge is 2.39. The van der Waals surface area contributed by atoms with Crippen molar-refractivity contribution < 1.29 is 0 Å². The standard InChI is InChI=1S/C13H21N3/c1-9-15-7-13(6-14)16(9)8-12-5-10-2-3-11(12)4-10/h7,10-12H,2-6,8,14H2,1H3. The molecule has 16 heavy (non-hydrogen) atoms. The normalized spacial score (nSPS) is 32.5. The van der Waals surface area contributed by atoms with Crippen LogP contribution < -0.4 is 5.73 Å². The van der Waals surface area contributed by atoms with Gasteiger partial charge in [-0.1, -0.05) is 6.42 Å². The van der Waals surface area contributed by atoms with Gasteiger partial charge in [0.15, 0.2) is 0 Å². The molecule has 88 valence electrons. The number of hydrogen-bond donors (Lipinski definition) is 1. The number of nitrogens with zero attached hydrogens (tertiary/aromatic N) is 2. The van der Waals surface area contributed by atoms with E-state index in [0.717, 1.165) is 30.1 Å². The molecule has 3 heteroatoms. The number of aromatic nitrogens is 2. The van der Waals surface area contributed by atoms with Gasteiger partial charge in [-0.3, -0.25) is 0 Å². The number of imidazole rings is 1. The van der Waals surface area contributed by atoms with E-state index >= 15 is 0 Å². The van der Waals surface area contributed by atoms with E-state index in [4.69, 9.17) is 5.73 Å². The summed E-state index contributed by atoms with van der Waals surface area (Å²) in [5.74, 6) is 4.03. The first-order valence-corrected chi connectivity index (χ1v) is 6.49. The van der Waals surface area contributed by atoms with E-state index in [-0.39, 0.29) is 0 Å². The van der Waals surface area contributed by atoms with Crippen molar-refractivity contribution in [2.45, 2.75) is 45.7 Å². The maximum absolute atomic E-state index is 5.75. The lowest BCUT2D eigenvalue weighted by molar-refractivity contribution is 0.291. The van der Waals surface area contributed by atoms with Gasteiger partial charge in [-0.05, 0) is 43.9 Å². The molecule has 0 amide bonds. The SMILES string of the molecule is Cc1ncc(CN)n1CC1CC2CCC1C2. The van der Waals surface area contributed by atoms with E-state index in [1.807, 2.05) is 6.20 Å². The third-order valence-corrected chi connectivity index (χ3v) is 4.65. The lowest BCUT2D eigenvalue weighted by Crippen LogP contribution is -2.20. The smallest absolute Gasteiger partial charge is 0.105 e. The quantitative estimate of drug-likeness (QED) is 0.846. The number of rotatable bonds is 3.